The van der Waals surface area contributed by atoms with Crippen molar-refractivity contribution in [2.75, 3.05) is 26.2 Å². The molecule has 0 aromatic heterocycles. The fraction of sp³-hybridized carbons (Fsp3) is 0.588. The highest BCUT2D eigenvalue weighted by Crippen LogP contribution is 2.44. The van der Waals surface area contributed by atoms with E-state index in [1.54, 1.807) is 6.07 Å². The number of hydrogen-bond donors (Lipinski definition) is 1. The summed E-state index contributed by atoms with van der Waals surface area (Å²) in [5.74, 6) is 1.80. The lowest BCUT2D eigenvalue weighted by atomic mass is 10.1. The molecule has 1 heterocycles. The quantitative estimate of drug-likeness (QED) is 0.826. The molecular weight excluding hydrogens is 333 g/mol. The van der Waals surface area contributed by atoms with Gasteiger partial charge >= 0.3 is 0 Å². The molecule has 0 unspecified atom stereocenters. The van der Waals surface area contributed by atoms with Crippen LogP contribution in [0.4, 0.5) is 5.69 Å². The van der Waals surface area contributed by atoms with Crippen molar-refractivity contribution in [2.45, 2.75) is 33.2 Å². The van der Waals surface area contributed by atoms with Crippen LogP contribution in [0, 0.1) is 5.92 Å². The van der Waals surface area contributed by atoms with E-state index in [0.717, 1.165) is 43.5 Å². The molecule has 6 heteroatoms. The predicted octanol–water partition coefficient (Wildman–Crippen LogP) is 4.30. The summed E-state index contributed by atoms with van der Waals surface area (Å²) < 4.78 is 0. The van der Waals surface area contributed by atoms with Crippen molar-refractivity contribution in [3.63, 3.8) is 0 Å². The minimum Gasteiger partial charge on any atom is -0.504 e. The molecule has 2 aliphatic rings. The summed E-state index contributed by atoms with van der Waals surface area (Å²) in [4.78, 5) is 9.39. The third-order valence-electron chi connectivity index (χ3n) is 4.67. The third kappa shape index (κ3) is 3.59. The number of aromatic hydroxyl groups is 1. The third-order valence-corrected chi connectivity index (χ3v) is 5.29. The molecule has 1 aliphatic carbocycles. The van der Waals surface area contributed by atoms with Gasteiger partial charge in [0.15, 0.2) is 5.75 Å². The average Bonchev–Trinajstić information content (AvgIpc) is 3.35. The lowest BCUT2D eigenvalue weighted by Crippen LogP contribution is -2.42. The lowest BCUT2D eigenvalue weighted by Gasteiger charge is -2.34. The van der Waals surface area contributed by atoms with Gasteiger partial charge in [0.2, 0.25) is 0 Å². The van der Waals surface area contributed by atoms with Crippen LogP contribution in [-0.4, -0.2) is 46.9 Å². The van der Waals surface area contributed by atoms with Crippen LogP contribution in [0.5, 0.6) is 5.75 Å². The standard InChI is InChI=1S/C17H23Cl2N3O/c1-3-21(4-2)10-15-20-16-12(9-22(15)8-11-5-6-11)13(18)7-14(19)17(16)23/h7,11,23H,3-6,8-10H2,1-2H3. The van der Waals surface area contributed by atoms with Crippen molar-refractivity contribution in [3.8, 4) is 5.75 Å². The molecule has 1 aromatic rings. The van der Waals surface area contributed by atoms with Crippen LogP contribution < -0.4 is 0 Å². The number of halogens is 2. The van der Waals surface area contributed by atoms with Crippen LogP contribution in [0.15, 0.2) is 11.1 Å². The predicted molar refractivity (Wildman–Crippen MR) is 96.1 cm³/mol. The van der Waals surface area contributed by atoms with Gasteiger partial charge in [-0.3, -0.25) is 4.90 Å². The normalized spacial score (nSPS) is 17.4. The van der Waals surface area contributed by atoms with Crippen LogP contribution in [0.1, 0.15) is 32.3 Å². The van der Waals surface area contributed by atoms with Gasteiger partial charge in [-0.05, 0) is 37.9 Å². The molecule has 0 saturated heterocycles. The highest BCUT2D eigenvalue weighted by atomic mass is 35.5. The average molecular weight is 356 g/mol. The van der Waals surface area contributed by atoms with E-state index in [1.165, 1.54) is 12.8 Å². The van der Waals surface area contributed by atoms with Crippen molar-refractivity contribution in [1.29, 1.82) is 0 Å². The monoisotopic (exact) mass is 355 g/mol. The fourth-order valence-corrected chi connectivity index (χ4v) is 3.47. The Morgan fingerprint density at radius 1 is 1.26 bits per heavy atom. The Kier molecular flexibility index (Phi) is 5.04. The van der Waals surface area contributed by atoms with Crippen LogP contribution in [0.3, 0.4) is 0 Å². The molecule has 23 heavy (non-hydrogen) atoms. The van der Waals surface area contributed by atoms with Crippen LogP contribution in [0.2, 0.25) is 10.0 Å². The molecule has 0 bridgehead atoms. The first-order chi connectivity index (χ1) is 11.0. The van der Waals surface area contributed by atoms with Crippen molar-refractivity contribution >= 4 is 34.7 Å². The molecule has 4 nitrogen and oxygen atoms in total. The summed E-state index contributed by atoms with van der Waals surface area (Å²) in [6.45, 7) is 8.73. The summed E-state index contributed by atoms with van der Waals surface area (Å²) in [5, 5.41) is 11.1. The Hall–Kier alpha value is -0.970. The van der Waals surface area contributed by atoms with Crippen LogP contribution in [0.25, 0.3) is 0 Å². The van der Waals surface area contributed by atoms with E-state index in [2.05, 4.69) is 23.6 Å². The minimum atomic E-state index is 0.0363. The van der Waals surface area contributed by atoms with E-state index < -0.39 is 0 Å². The molecule has 1 N–H and O–H groups in total. The van der Waals surface area contributed by atoms with E-state index in [0.29, 0.717) is 17.3 Å². The second-order valence-corrected chi connectivity index (χ2v) is 7.14. The maximum Gasteiger partial charge on any atom is 0.160 e. The van der Waals surface area contributed by atoms with Crippen molar-refractivity contribution in [3.05, 3.63) is 21.7 Å². The molecule has 0 spiro atoms. The molecule has 0 radical (unpaired) electrons. The number of nitrogens with zero attached hydrogens (tertiary/aromatic N) is 3. The molecule has 3 rings (SSSR count). The van der Waals surface area contributed by atoms with Gasteiger partial charge in [0, 0.05) is 23.7 Å². The zero-order valence-corrected chi connectivity index (χ0v) is 15.2. The van der Waals surface area contributed by atoms with E-state index in [1.807, 2.05) is 0 Å². The summed E-state index contributed by atoms with van der Waals surface area (Å²) in [6.07, 6.45) is 2.59. The summed E-state index contributed by atoms with van der Waals surface area (Å²) in [6, 6.07) is 1.61. The second-order valence-electron chi connectivity index (χ2n) is 6.33. The number of phenols is 1. The van der Waals surface area contributed by atoms with E-state index in [9.17, 15) is 5.11 Å². The van der Waals surface area contributed by atoms with Crippen molar-refractivity contribution in [2.24, 2.45) is 10.9 Å². The number of likely N-dealkylation sites (N-methyl/N-ethyl adjacent to an activating group) is 1. The van der Waals surface area contributed by atoms with Gasteiger partial charge < -0.3 is 10.0 Å². The first kappa shape index (κ1) is 16.9. The highest BCUT2D eigenvalue weighted by Gasteiger charge is 2.31. The number of hydrogen-bond acceptors (Lipinski definition) is 4. The number of benzene rings is 1. The van der Waals surface area contributed by atoms with Gasteiger partial charge in [0.25, 0.3) is 0 Å². The topological polar surface area (TPSA) is 39.1 Å². The molecule has 126 valence electrons. The SMILES string of the molecule is CCN(CC)CC1=Nc2c(O)c(Cl)cc(Cl)c2CN1CC1CC1. The molecule has 1 aliphatic heterocycles. The van der Waals surface area contributed by atoms with Gasteiger partial charge in [0.1, 0.15) is 11.5 Å². The molecule has 0 amide bonds. The van der Waals surface area contributed by atoms with Crippen LogP contribution in [-0.2, 0) is 6.54 Å². The second kappa shape index (κ2) is 6.88. The van der Waals surface area contributed by atoms with Crippen molar-refractivity contribution < 1.29 is 5.11 Å². The summed E-state index contributed by atoms with van der Waals surface area (Å²) in [5.41, 5.74) is 1.41. The highest BCUT2D eigenvalue weighted by molar-refractivity contribution is 6.36. The Morgan fingerprint density at radius 2 is 1.96 bits per heavy atom. The number of phenolic OH excluding ortho intramolecular Hbond substituents is 1. The van der Waals surface area contributed by atoms with Gasteiger partial charge in [-0.1, -0.05) is 37.0 Å². The van der Waals surface area contributed by atoms with Gasteiger partial charge in [-0.25, -0.2) is 4.99 Å². The van der Waals surface area contributed by atoms with E-state index in [4.69, 9.17) is 28.2 Å². The van der Waals surface area contributed by atoms with Crippen LogP contribution >= 0.6 is 23.2 Å². The van der Waals surface area contributed by atoms with E-state index >= 15 is 0 Å². The molecule has 0 atom stereocenters. The Labute approximate surface area is 147 Å². The first-order valence-electron chi connectivity index (χ1n) is 8.28. The van der Waals surface area contributed by atoms with Gasteiger partial charge in [-0.15, -0.1) is 0 Å². The lowest BCUT2D eigenvalue weighted by molar-refractivity contribution is 0.311. The number of amidine groups is 1. The fourth-order valence-electron chi connectivity index (χ4n) is 2.95. The van der Waals surface area contributed by atoms with E-state index in [-0.39, 0.29) is 10.8 Å². The molecule has 1 aromatic carbocycles. The van der Waals surface area contributed by atoms with Gasteiger partial charge in [-0.2, -0.15) is 0 Å². The smallest absolute Gasteiger partial charge is 0.160 e. The largest absolute Gasteiger partial charge is 0.504 e. The zero-order valence-electron chi connectivity index (χ0n) is 13.6. The number of rotatable bonds is 6. The summed E-state index contributed by atoms with van der Waals surface area (Å²) >= 11 is 12.4. The molecular formula is C17H23Cl2N3O. The van der Waals surface area contributed by atoms with Crippen molar-refractivity contribution in [1.82, 2.24) is 9.80 Å². The maximum atomic E-state index is 10.3. The minimum absolute atomic E-state index is 0.0363. The zero-order chi connectivity index (χ0) is 16.6. The molecule has 1 fully saturated rings. The maximum absolute atomic E-state index is 10.3. The Morgan fingerprint density at radius 3 is 2.57 bits per heavy atom. The number of fused-ring (bicyclic) bond motifs is 1. The Bertz CT molecular complexity index is 625. The Balaban J connectivity index is 1.97. The first-order valence-corrected chi connectivity index (χ1v) is 9.03. The molecule has 1 saturated carbocycles. The summed E-state index contributed by atoms with van der Waals surface area (Å²) in [7, 11) is 0. The number of aliphatic imine (C=N–C) groups is 1. The van der Waals surface area contributed by atoms with Gasteiger partial charge in [0.05, 0.1) is 11.6 Å².